The van der Waals surface area contributed by atoms with Gasteiger partial charge in [0.1, 0.15) is 11.4 Å². The molecule has 1 aliphatic heterocycles. The summed E-state index contributed by atoms with van der Waals surface area (Å²) >= 11 is 5.81. The second-order valence-corrected chi connectivity index (χ2v) is 7.22. The first-order valence-electron chi connectivity index (χ1n) is 7.64. The number of Topliss-reactive ketones (excluding diaryl/α,β-unsaturated/α-hetero) is 1. The minimum atomic E-state index is -0.579. The molecule has 1 unspecified atom stereocenters. The van der Waals surface area contributed by atoms with E-state index < -0.39 is 17.5 Å². The number of hydrogen-bond acceptors (Lipinski definition) is 3. The van der Waals surface area contributed by atoms with Crippen LogP contribution in [0.2, 0.25) is 5.02 Å². The van der Waals surface area contributed by atoms with E-state index >= 15 is 0 Å². The average molecular weight is 342 g/mol. The SMILES string of the molecule is CC(C)(C)OC(=O)N1CCCC(C(=O)c2cc(F)cc(Cl)c2)C1. The van der Waals surface area contributed by atoms with Gasteiger partial charge in [-0.3, -0.25) is 4.79 Å². The maximum Gasteiger partial charge on any atom is 0.410 e. The van der Waals surface area contributed by atoms with Gasteiger partial charge in [-0.2, -0.15) is 0 Å². The lowest BCUT2D eigenvalue weighted by Crippen LogP contribution is -2.44. The van der Waals surface area contributed by atoms with Crippen molar-refractivity contribution in [3.63, 3.8) is 0 Å². The Morgan fingerprint density at radius 1 is 1.30 bits per heavy atom. The highest BCUT2D eigenvalue weighted by Crippen LogP contribution is 2.24. The van der Waals surface area contributed by atoms with E-state index in [9.17, 15) is 14.0 Å². The molecule has 0 N–H and O–H groups in total. The number of benzene rings is 1. The number of ketones is 1. The molecule has 126 valence electrons. The van der Waals surface area contributed by atoms with Gasteiger partial charge in [-0.25, -0.2) is 9.18 Å². The first-order chi connectivity index (χ1) is 10.7. The lowest BCUT2D eigenvalue weighted by Gasteiger charge is -2.33. The fraction of sp³-hybridized carbons (Fsp3) is 0.529. The van der Waals surface area contributed by atoms with Crippen molar-refractivity contribution in [3.8, 4) is 0 Å². The molecule has 1 saturated heterocycles. The molecule has 23 heavy (non-hydrogen) atoms. The number of nitrogens with zero attached hydrogens (tertiary/aromatic N) is 1. The van der Waals surface area contributed by atoms with E-state index in [2.05, 4.69) is 0 Å². The molecule has 1 aliphatic rings. The van der Waals surface area contributed by atoms with Crippen LogP contribution >= 0.6 is 11.6 Å². The third kappa shape index (κ3) is 4.93. The Morgan fingerprint density at radius 3 is 2.61 bits per heavy atom. The predicted octanol–water partition coefficient (Wildman–Crippen LogP) is 4.31. The van der Waals surface area contributed by atoms with Crippen LogP contribution in [0.3, 0.4) is 0 Å². The van der Waals surface area contributed by atoms with Crippen molar-refractivity contribution in [2.75, 3.05) is 13.1 Å². The molecule has 0 radical (unpaired) electrons. The maximum atomic E-state index is 13.4. The zero-order valence-corrected chi connectivity index (χ0v) is 14.3. The Labute approximate surface area is 140 Å². The second-order valence-electron chi connectivity index (χ2n) is 6.79. The summed E-state index contributed by atoms with van der Waals surface area (Å²) in [5, 5.41) is 0.188. The number of ether oxygens (including phenoxy) is 1. The molecular weight excluding hydrogens is 321 g/mol. The Kier molecular flexibility index (Phi) is 5.30. The summed E-state index contributed by atoms with van der Waals surface area (Å²) in [6, 6.07) is 3.80. The van der Waals surface area contributed by atoms with E-state index in [-0.39, 0.29) is 28.8 Å². The monoisotopic (exact) mass is 341 g/mol. The minimum absolute atomic E-state index is 0.188. The van der Waals surface area contributed by atoms with Gasteiger partial charge in [0.2, 0.25) is 0 Å². The van der Waals surface area contributed by atoms with E-state index in [1.54, 1.807) is 20.8 Å². The third-order valence-electron chi connectivity index (χ3n) is 3.59. The zero-order valence-electron chi connectivity index (χ0n) is 13.6. The van der Waals surface area contributed by atoms with E-state index in [1.807, 2.05) is 0 Å². The Balaban J connectivity index is 2.08. The van der Waals surface area contributed by atoms with E-state index in [0.29, 0.717) is 19.4 Å². The average Bonchev–Trinajstić information content (AvgIpc) is 2.44. The van der Waals surface area contributed by atoms with Gasteiger partial charge in [-0.05, 0) is 51.8 Å². The Morgan fingerprint density at radius 2 is 2.00 bits per heavy atom. The minimum Gasteiger partial charge on any atom is -0.444 e. The summed E-state index contributed by atoms with van der Waals surface area (Å²) in [5.41, 5.74) is -0.338. The van der Waals surface area contributed by atoms with Gasteiger partial charge >= 0.3 is 6.09 Å². The molecule has 1 heterocycles. The molecule has 0 saturated carbocycles. The fourth-order valence-corrected chi connectivity index (χ4v) is 2.84. The molecule has 0 aliphatic carbocycles. The summed E-state index contributed by atoms with van der Waals surface area (Å²) in [6.45, 7) is 6.23. The Hall–Kier alpha value is -1.62. The highest BCUT2D eigenvalue weighted by Gasteiger charge is 2.31. The normalized spacial score (nSPS) is 18.7. The number of hydrogen-bond donors (Lipinski definition) is 0. The van der Waals surface area contributed by atoms with Gasteiger partial charge in [0.15, 0.2) is 5.78 Å². The number of rotatable bonds is 2. The lowest BCUT2D eigenvalue weighted by atomic mass is 9.90. The molecule has 1 atom stereocenters. The van der Waals surface area contributed by atoms with Gasteiger partial charge < -0.3 is 9.64 Å². The number of halogens is 2. The van der Waals surface area contributed by atoms with E-state index in [0.717, 1.165) is 6.07 Å². The first-order valence-corrected chi connectivity index (χ1v) is 8.02. The quantitative estimate of drug-likeness (QED) is 0.753. The molecule has 1 aromatic carbocycles. The number of carbonyl (C=O) groups excluding carboxylic acids is 2. The van der Waals surface area contributed by atoms with Crippen LogP contribution in [0.5, 0.6) is 0 Å². The number of amides is 1. The van der Waals surface area contributed by atoms with E-state index in [1.165, 1.54) is 17.0 Å². The van der Waals surface area contributed by atoms with Crippen LogP contribution in [0.25, 0.3) is 0 Å². The first kappa shape index (κ1) is 17.7. The van der Waals surface area contributed by atoms with Crippen LogP contribution in [0.15, 0.2) is 18.2 Å². The largest absolute Gasteiger partial charge is 0.444 e. The molecule has 1 amide bonds. The molecule has 0 aromatic heterocycles. The number of carbonyl (C=O) groups is 2. The van der Waals surface area contributed by atoms with Crippen molar-refractivity contribution in [1.82, 2.24) is 4.90 Å². The van der Waals surface area contributed by atoms with E-state index in [4.69, 9.17) is 16.3 Å². The van der Waals surface area contributed by atoms with Crippen molar-refractivity contribution in [1.29, 1.82) is 0 Å². The van der Waals surface area contributed by atoms with Crippen molar-refractivity contribution in [2.24, 2.45) is 5.92 Å². The number of piperidine rings is 1. The predicted molar refractivity (Wildman–Crippen MR) is 86.3 cm³/mol. The summed E-state index contributed by atoms with van der Waals surface area (Å²) in [6.07, 6.45) is 0.942. The topological polar surface area (TPSA) is 46.6 Å². The van der Waals surface area contributed by atoms with Gasteiger partial charge in [0.05, 0.1) is 0 Å². The molecule has 4 nitrogen and oxygen atoms in total. The van der Waals surface area contributed by atoms with Crippen LogP contribution in [-0.4, -0.2) is 35.5 Å². The van der Waals surface area contributed by atoms with Gasteiger partial charge in [-0.15, -0.1) is 0 Å². The Bertz CT molecular complexity index is 592. The zero-order chi connectivity index (χ0) is 17.2. The third-order valence-corrected chi connectivity index (χ3v) is 3.81. The van der Waals surface area contributed by atoms with Gasteiger partial charge in [0.25, 0.3) is 0 Å². The van der Waals surface area contributed by atoms with Crippen molar-refractivity contribution in [3.05, 3.63) is 34.6 Å². The molecule has 0 bridgehead atoms. The van der Waals surface area contributed by atoms with Crippen molar-refractivity contribution < 1.29 is 18.7 Å². The van der Waals surface area contributed by atoms with Gasteiger partial charge in [-0.1, -0.05) is 11.6 Å². The van der Waals surface area contributed by atoms with Gasteiger partial charge in [0, 0.05) is 29.6 Å². The highest BCUT2D eigenvalue weighted by molar-refractivity contribution is 6.31. The molecule has 1 fully saturated rings. The van der Waals surface area contributed by atoms with Crippen LogP contribution in [0.4, 0.5) is 9.18 Å². The van der Waals surface area contributed by atoms with Crippen molar-refractivity contribution in [2.45, 2.75) is 39.2 Å². The highest BCUT2D eigenvalue weighted by atomic mass is 35.5. The van der Waals surface area contributed by atoms with Crippen LogP contribution in [-0.2, 0) is 4.74 Å². The molecule has 6 heteroatoms. The smallest absolute Gasteiger partial charge is 0.410 e. The molecule has 0 spiro atoms. The summed E-state index contributed by atoms with van der Waals surface area (Å²) in [7, 11) is 0. The summed E-state index contributed by atoms with van der Waals surface area (Å²) in [4.78, 5) is 26.2. The second kappa shape index (κ2) is 6.87. The molecule has 2 rings (SSSR count). The van der Waals surface area contributed by atoms with Crippen LogP contribution in [0.1, 0.15) is 44.0 Å². The summed E-state index contributed by atoms with van der Waals surface area (Å²) in [5.74, 6) is -1.10. The molecular formula is C17H21ClFNO3. The summed E-state index contributed by atoms with van der Waals surface area (Å²) < 4.78 is 18.8. The molecule has 1 aromatic rings. The van der Waals surface area contributed by atoms with Crippen LogP contribution < -0.4 is 0 Å². The maximum absolute atomic E-state index is 13.4. The van der Waals surface area contributed by atoms with Crippen LogP contribution in [0, 0.1) is 11.7 Å². The lowest BCUT2D eigenvalue weighted by molar-refractivity contribution is 0.0172. The standard InChI is InChI=1S/C17H21ClFNO3/c1-17(2,3)23-16(22)20-6-4-5-11(10-20)15(21)12-7-13(18)9-14(19)8-12/h7-9,11H,4-6,10H2,1-3H3. The fourth-order valence-electron chi connectivity index (χ4n) is 2.62. The number of likely N-dealkylation sites (tertiary alicyclic amines) is 1. The van der Waals surface area contributed by atoms with Crippen molar-refractivity contribution >= 4 is 23.5 Å².